The van der Waals surface area contributed by atoms with Gasteiger partial charge in [0.1, 0.15) is 0 Å². The highest BCUT2D eigenvalue weighted by Crippen LogP contribution is 2.00. The molecule has 0 amide bonds. The molecule has 0 aliphatic carbocycles. The average molecular weight is 229 g/mol. The lowest BCUT2D eigenvalue weighted by Gasteiger charge is -2.26. The Balaban J connectivity index is 1.87. The summed E-state index contributed by atoms with van der Waals surface area (Å²) in [6.45, 7) is 4.54. The molecule has 84 valence electrons. The summed E-state index contributed by atoms with van der Waals surface area (Å²) >= 11 is 4.93. The fourth-order valence-corrected chi connectivity index (χ4v) is 1.75. The first-order valence-corrected chi connectivity index (χ1v) is 5.39. The summed E-state index contributed by atoms with van der Waals surface area (Å²) in [5.74, 6) is 6.49. The van der Waals surface area contributed by atoms with Crippen molar-refractivity contribution in [1.82, 2.24) is 19.8 Å². The van der Waals surface area contributed by atoms with E-state index in [2.05, 4.69) is 15.1 Å². The Bertz CT molecular complexity index is 367. The van der Waals surface area contributed by atoms with E-state index in [1.54, 1.807) is 0 Å². The van der Waals surface area contributed by atoms with E-state index in [4.69, 9.17) is 22.8 Å². The van der Waals surface area contributed by atoms with Crippen molar-refractivity contribution >= 4 is 12.2 Å². The van der Waals surface area contributed by atoms with Gasteiger partial charge in [0.05, 0.1) is 13.2 Å². The first kappa shape index (κ1) is 10.6. The molecule has 0 saturated carbocycles. The molecule has 0 unspecified atom stereocenters. The molecule has 1 aliphatic rings. The summed E-state index contributed by atoms with van der Waals surface area (Å²) in [4.78, 5) is 2.33. The summed E-state index contributed by atoms with van der Waals surface area (Å²) < 4.78 is 7.16. The third kappa shape index (κ3) is 2.55. The van der Waals surface area contributed by atoms with Gasteiger partial charge in [0.15, 0.2) is 5.82 Å². The van der Waals surface area contributed by atoms with Gasteiger partial charge in [-0.25, -0.2) is 4.68 Å². The Morgan fingerprint density at radius 1 is 1.47 bits per heavy atom. The zero-order valence-electron chi connectivity index (χ0n) is 8.48. The highest BCUT2D eigenvalue weighted by atomic mass is 32.1. The van der Waals surface area contributed by atoms with E-state index in [1.165, 1.54) is 4.68 Å². The standard InChI is InChI=1S/C8H15N5OS/c9-13-7(10-11-8(13)15)1-2-12-3-5-14-6-4-12/h1-6,9H2,(H,11,15). The second-order valence-electron chi connectivity index (χ2n) is 3.52. The van der Waals surface area contributed by atoms with Crippen molar-refractivity contribution in [2.24, 2.45) is 0 Å². The molecule has 6 nitrogen and oxygen atoms in total. The van der Waals surface area contributed by atoms with Crippen molar-refractivity contribution in [1.29, 1.82) is 0 Å². The summed E-state index contributed by atoms with van der Waals surface area (Å²) in [7, 11) is 0. The molecule has 1 aliphatic heterocycles. The van der Waals surface area contributed by atoms with Crippen LogP contribution in [0.25, 0.3) is 0 Å². The fraction of sp³-hybridized carbons (Fsp3) is 0.750. The normalized spacial score (nSPS) is 18.1. The van der Waals surface area contributed by atoms with Gasteiger partial charge < -0.3 is 10.6 Å². The van der Waals surface area contributed by atoms with E-state index in [0.29, 0.717) is 4.77 Å². The van der Waals surface area contributed by atoms with Crippen LogP contribution in [0.5, 0.6) is 0 Å². The molecule has 1 fully saturated rings. The molecule has 1 saturated heterocycles. The molecule has 15 heavy (non-hydrogen) atoms. The summed E-state index contributed by atoms with van der Waals surface area (Å²) in [5.41, 5.74) is 0. The minimum absolute atomic E-state index is 0.465. The van der Waals surface area contributed by atoms with Crippen LogP contribution in [0.4, 0.5) is 0 Å². The van der Waals surface area contributed by atoms with Crippen molar-refractivity contribution in [3.63, 3.8) is 0 Å². The Morgan fingerprint density at radius 3 is 2.80 bits per heavy atom. The second kappa shape index (κ2) is 4.73. The SMILES string of the molecule is Nn1c(CCN2CCOCC2)n[nH]c1=S. The molecule has 0 aromatic carbocycles. The number of nitrogen functional groups attached to an aromatic ring is 1. The number of hydrogen-bond acceptors (Lipinski definition) is 5. The van der Waals surface area contributed by atoms with Gasteiger partial charge in [0.25, 0.3) is 0 Å². The smallest absolute Gasteiger partial charge is 0.214 e. The number of nitrogens with two attached hydrogens (primary N) is 1. The van der Waals surface area contributed by atoms with Gasteiger partial charge >= 0.3 is 0 Å². The summed E-state index contributed by atoms with van der Waals surface area (Å²) in [6, 6.07) is 0. The average Bonchev–Trinajstić information content (AvgIpc) is 2.59. The maximum absolute atomic E-state index is 5.69. The predicted octanol–water partition coefficient (Wildman–Crippen LogP) is -0.471. The number of H-pyrrole nitrogens is 1. The Morgan fingerprint density at radius 2 is 2.20 bits per heavy atom. The number of aromatic nitrogens is 3. The number of morpholine rings is 1. The molecular formula is C8H15N5OS. The fourth-order valence-electron chi connectivity index (χ4n) is 1.60. The lowest BCUT2D eigenvalue weighted by Crippen LogP contribution is -2.37. The number of rotatable bonds is 3. The minimum atomic E-state index is 0.465. The summed E-state index contributed by atoms with van der Waals surface area (Å²) in [6.07, 6.45) is 0.809. The lowest BCUT2D eigenvalue weighted by molar-refractivity contribution is 0.0381. The largest absolute Gasteiger partial charge is 0.379 e. The van der Waals surface area contributed by atoms with Gasteiger partial charge in [-0.2, -0.15) is 5.10 Å². The highest BCUT2D eigenvalue weighted by molar-refractivity contribution is 7.71. The Labute approximate surface area is 93.0 Å². The number of nitrogens with zero attached hydrogens (tertiary/aromatic N) is 3. The minimum Gasteiger partial charge on any atom is -0.379 e. The number of hydrogen-bond donors (Lipinski definition) is 2. The van der Waals surface area contributed by atoms with Crippen molar-refractivity contribution in [2.75, 3.05) is 38.7 Å². The van der Waals surface area contributed by atoms with E-state index in [9.17, 15) is 0 Å². The lowest BCUT2D eigenvalue weighted by atomic mass is 10.3. The van der Waals surface area contributed by atoms with Crippen LogP contribution in [-0.2, 0) is 11.2 Å². The Kier molecular flexibility index (Phi) is 3.34. The van der Waals surface area contributed by atoms with Crippen LogP contribution in [0.3, 0.4) is 0 Å². The van der Waals surface area contributed by atoms with Crippen LogP contribution in [0, 0.1) is 4.77 Å². The van der Waals surface area contributed by atoms with Gasteiger partial charge in [-0.3, -0.25) is 10.00 Å². The maximum atomic E-state index is 5.69. The first-order valence-electron chi connectivity index (χ1n) is 4.99. The topological polar surface area (TPSA) is 72.1 Å². The van der Waals surface area contributed by atoms with E-state index in [1.807, 2.05) is 0 Å². The molecule has 2 rings (SSSR count). The second-order valence-corrected chi connectivity index (χ2v) is 3.91. The van der Waals surface area contributed by atoms with Crippen LogP contribution in [0.15, 0.2) is 0 Å². The van der Waals surface area contributed by atoms with Gasteiger partial charge in [-0.15, -0.1) is 0 Å². The number of ether oxygens (including phenoxy) is 1. The van der Waals surface area contributed by atoms with E-state index >= 15 is 0 Å². The molecule has 1 aromatic heterocycles. The molecule has 0 atom stereocenters. The maximum Gasteiger partial charge on any atom is 0.214 e. The van der Waals surface area contributed by atoms with Crippen LogP contribution >= 0.6 is 12.2 Å². The molecule has 3 N–H and O–H groups in total. The third-order valence-electron chi connectivity index (χ3n) is 2.53. The Hall–Kier alpha value is -0.920. The molecule has 7 heteroatoms. The molecule has 0 radical (unpaired) electrons. The zero-order chi connectivity index (χ0) is 10.7. The zero-order valence-corrected chi connectivity index (χ0v) is 9.29. The van der Waals surface area contributed by atoms with Gasteiger partial charge in [-0.05, 0) is 12.2 Å². The van der Waals surface area contributed by atoms with E-state index in [0.717, 1.165) is 45.1 Å². The highest BCUT2D eigenvalue weighted by Gasteiger charge is 2.11. The third-order valence-corrected chi connectivity index (χ3v) is 2.82. The molecule has 1 aromatic rings. The van der Waals surface area contributed by atoms with Gasteiger partial charge in [0, 0.05) is 26.1 Å². The van der Waals surface area contributed by atoms with Crippen LogP contribution in [0.2, 0.25) is 0 Å². The molecule has 2 heterocycles. The first-order chi connectivity index (χ1) is 7.27. The summed E-state index contributed by atoms with van der Waals surface area (Å²) in [5, 5.41) is 6.73. The van der Waals surface area contributed by atoms with Crippen LogP contribution < -0.4 is 5.84 Å². The van der Waals surface area contributed by atoms with E-state index < -0.39 is 0 Å². The predicted molar refractivity (Wildman–Crippen MR) is 58.5 cm³/mol. The van der Waals surface area contributed by atoms with Crippen LogP contribution in [0.1, 0.15) is 5.82 Å². The number of aromatic amines is 1. The van der Waals surface area contributed by atoms with Gasteiger partial charge in [0.2, 0.25) is 4.77 Å². The number of nitrogens with one attached hydrogen (secondary N) is 1. The molecule has 0 spiro atoms. The van der Waals surface area contributed by atoms with Crippen LogP contribution in [-0.4, -0.2) is 52.6 Å². The van der Waals surface area contributed by atoms with Gasteiger partial charge in [-0.1, -0.05) is 0 Å². The van der Waals surface area contributed by atoms with E-state index in [-0.39, 0.29) is 0 Å². The van der Waals surface area contributed by atoms with Crippen molar-refractivity contribution in [2.45, 2.75) is 6.42 Å². The van der Waals surface area contributed by atoms with Crippen molar-refractivity contribution in [3.05, 3.63) is 10.6 Å². The van der Waals surface area contributed by atoms with Crippen molar-refractivity contribution < 1.29 is 4.74 Å². The quantitative estimate of drug-likeness (QED) is 0.541. The molecular weight excluding hydrogens is 214 g/mol. The molecule has 0 bridgehead atoms. The van der Waals surface area contributed by atoms with Crippen molar-refractivity contribution in [3.8, 4) is 0 Å². The monoisotopic (exact) mass is 229 g/mol.